The summed E-state index contributed by atoms with van der Waals surface area (Å²) in [7, 11) is 0. The predicted octanol–water partition coefficient (Wildman–Crippen LogP) is 2.19. The summed E-state index contributed by atoms with van der Waals surface area (Å²) in [6, 6.07) is 6.11. The molecule has 0 aromatic heterocycles. The van der Waals surface area contributed by atoms with Crippen LogP contribution in [0, 0.1) is 5.82 Å². The molecule has 0 aliphatic heterocycles. The van der Waals surface area contributed by atoms with Crippen LogP contribution in [0.3, 0.4) is 0 Å². The third kappa shape index (κ3) is 1.71. The van der Waals surface area contributed by atoms with E-state index in [9.17, 15) is 4.39 Å². The fourth-order valence-corrected chi connectivity index (χ4v) is 0.927. The Balaban J connectivity index is 3.04. The van der Waals surface area contributed by atoms with Gasteiger partial charge in [0.1, 0.15) is 5.82 Å². The van der Waals surface area contributed by atoms with Gasteiger partial charge in [-0.15, -0.1) is 6.58 Å². The van der Waals surface area contributed by atoms with E-state index in [0.29, 0.717) is 0 Å². The zero-order valence-corrected chi connectivity index (χ0v) is 7.05. The summed E-state index contributed by atoms with van der Waals surface area (Å²) in [4.78, 5) is 0. The number of rotatable bonds is 2. The summed E-state index contributed by atoms with van der Waals surface area (Å²) in [5.41, 5.74) is 6.13. The number of nitrogens with two attached hydrogens (primary N) is 1. The average Bonchev–Trinajstić information content (AvgIpc) is 2.05. The van der Waals surface area contributed by atoms with Crippen molar-refractivity contribution in [2.75, 3.05) is 0 Å². The molecular formula is C10H12FN. The lowest BCUT2D eigenvalue weighted by atomic mass is 9.94. The van der Waals surface area contributed by atoms with Gasteiger partial charge in [-0.05, 0) is 24.6 Å². The smallest absolute Gasteiger partial charge is 0.123 e. The number of hydrogen-bond acceptors (Lipinski definition) is 1. The summed E-state index contributed by atoms with van der Waals surface area (Å²) in [6.45, 7) is 5.44. The molecule has 0 unspecified atom stereocenters. The van der Waals surface area contributed by atoms with Crippen molar-refractivity contribution in [3.05, 3.63) is 48.3 Å². The van der Waals surface area contributed by atoms with Crippen molar-refractivity contribution in [1.82, 2.24) is 0 Å². The summed E-state index contributed by atoms with van der Waals surface area (Å²) in [6.07, 6.45) is 1.64. The van der Waals surface area contributed by atoms with Crippen LogP contribution in [0.2, 0.25) is 0 Å². The first kappa shape index (κ1) is 8.94. The van der Waals surface area contributed by atoms with Crippen LogP contribution < -0.4 is 5.73 Å². The molecule has 0 aliphatic rings. The monoisotopic (exact) mass is 165 g/mol. The molecule has 1 aromatic rings. The van der Waals surface area contributed by atoms with Crippen molar-refractivity contribution in [2.45, 2.75) is 12.5 Å². The van der Waals surface area contributed by atoms with Crippen molar-refractivity contribution in [1.29, 1.82) is 0 Å². The molecule has 0 saturated heterocycles. The number of halogens is 1. The van der Waals surface area contributed by atoms with Crippen LogP contribution in [0.4, 0.5) is 4.39 Å². The van der Waals surface area contributed by atoms with Gasteiger partial charge in [-0.3, -0.25) is 0 Å². The molecule has 0 aliphatic carbocycles. The molecule has 1 atom stereocenters. The van der Waals surface area contributed by atoms with Gasteiger partial charge in [-0.2, -0.15) is 0 Å². The summed E-state index contributed by atoms with van der Waals surface area (Å²) < 4.78 is 12.5. The molecule has 2 heteroatoms. The van der Waals surface area contributed by atoms with E-state index in [1.807, 2.05) is 6.92 Å². The van der Waals surface area contributed by atoms with E-state index in [-0.39, 0.29) is 5.82 Å². The maximum atomic E-state index is 12.5. The normalized spacial score (nSPS) is 15.2. The van der Waals surface area contributed by atoms with Gasteiger partial charge in [-0.25, -0.2) is 4.39 Å². The van der Waals surface area contributed by atoms with E-state index in [2.05, 4.69) is 6.58 Å². The summed E-state index contributed by atoms with van der Waals surface area (Å²) in [5.74, 6) is -0.251. The Morgan fingerprint density at radius 1 is 1.42 bits per heavy atom. The summed E-state index contributed by atoms with van der Waals surface area (Å²) >= 11 is 0. The highest BCUT2D eigenvalue weighted by Crippen LogP contribution is 2.18. The molecule has 0 heterocycles. The Kier molecular flexibility index (Phi) is 2.29. The minimum Gasteiger partial charge on any atom is -0.318 e. The van der Waals surface area contributed by atoms with Gasteiger partial charge >= 0.3 is 0 Å². The fraction of sp³-hybridized carbons (Fsp3) is 0.200. The predicted molar refractivity (Wildman–Crippen MR) is 48.1 cm³/mol. The third-order valence-corrected chi connectivity index (χ3v) is 1.89. The van der Waals surface area contributed by atoms with E-state index < -0.39 is 5.54 Å². The average molecular weight is 165 g/mol. The highest BCUT2D eigenvalue weighted by Gasteiger charge is 2.15. The van der Waals surface area contributed by atoms with E-state index in [0.717, 1.165) is 5.56 Å². The lowest BCUT2D eigenvalue weighted by Gasteiger charge is -2.19. The van der Waals surface area contributed by atoms with Gasteiger partial charge in [0.15, 0.2) is 0 Å². The van der Waals surface area contributed by atoms with E-state index in [1.54, 1.807) is 18.2 Å². The number of benzene rings is 1. The maximum Gasteiger partial charge on any atom is 0.123 e. The Morgan fingerprint density at radius 2 is 1.92 bits per heavy atom. The lowest BCUT2D eigenvalue weighted by molar-refractivity contribution is 0.610. The van der Waals surface area contributed by atoms with E-state index in [1.165, 1.54) is 12.1 Å². The second kappa shape index (κ2) is 3.07. The van der Waals surface area contributed by atoms with Crippen molar-refractivity contribution >= 4 is 0 Å². The van der Waals surface area contributed by atoms with Crippen LogP contribution >= 0.6 is 0 Å². The molecule has 0 amide bonds. The largest absolute Gasteiger partial charge is 0.318 e. The molecule has 0 saturated carbocycles. The van der Waals surface area contributed by atoms with E-state index in [4.69, 9.17) is 5.73 Å². The van der Waals surface area contributed by atoms with Gasteiger partial charge < -0.3 is 5.73 Å². The summed E-state index contributed by atoms with van der Waals surface area (Å²) in [5, 5.41) is 0. The third-order valence-electron chi connectivity index (χ3n) is 1.89. The highest BCUT2D eigenvalue weighted by atomic mass is 19.1. The highest BCUT2D eigenvalue weighted by molar-refractivity contribution is 5.27. The topological polar surface area (TPSA) is 26.0 Å². The van der Waals surface area contributed by atoms with Crippen LogP contribution in [0.15, 0.2) is 36.9 Å². The standard InChI is InChI=1S/C10H12FN/c1-3-10(2,12)8-4-6-9(11)7-5-8/h3-7H,1,12H2,2H3/t10-/m0/s1. The van der Waals surface area contributed by atoms with Crippen molar-refractivity contribution in [2.24, 2.45) is 5.73 Å². The molecule has 2 N–H and O–H groups in total. The zero-order chi connectivity index (χ0) is 9.19. The molecule has 0 radical (unpaired) electrons. The molecule has 0 fully saturated rings. The quantitative estimate of drug-likeness (QED) is 0.668. The Bertz CT molecular complexity index is 274. The van der Waals surface area contributed by atoms with Crippen LogP contribution in [-0.2, 0) is 5.54 Å². The first-order valence-corrected chi connectivity index (χ1v) is 3.75. The minimum absolute atomic E-state index is 0.251. The van der Waals surface area contributed by atoms with Gasteiger partial charge in [0.05, 0.1) is 5.54 Å². The zero-order valence-electron chi connectivity index (χ0n) is 7.05. The van der Waals surface area contributed by atoms with Crippen molar-refractivity contribution < 1.29 is 4.39 Å². The molecule has 1 aromatic carbocycles. The maximum absolute atomic E-state index is 12.5. The second-order valence-corrected chi connectivity index (χ2v) is 2.99. The van der Waals surface area contributed by atoms with Gasteiger partial charge in [0.2, 0.25) is 0 Å². The SMILES string of the molecule is C=C[C@](C)(N)c1ccc(F)cc1. The van der Waals surface area contributed by atoms with E-state index >= 15 is 0 Å². The Morgan fingerprint density at radius 3 is 2.33 bits per heavy atom. The lowest BCUT2D eigenvalue weighted by Crippen LogP contribution is -2.29. The van der Waals surface area contributed by atoms with Crippen molar-refractivity contribution in [3.63, 3.8) is 0 Å². The fourth-order valence-electron chi connectivity index (χ4n) is 0.927. The molecule has 0 bridgehead atoms. The molecule has 12 heavy (non-hydrogen) atoms. The van der Waals surface area contributed by atoms with Gasteiger partial charge in [-0.1, -0.05) is 18.2 Å². The minimum atomic E-state index is -0.576. The van der Waals surface area contributed by atoms with Crippen LogP contribution in [0.25, 0.3) is 0 Å². The molecular weight excluding hydrogens is 153 g/mol. The first-order valence-electron chi connectivity index (χ1n) is 3.75. The molecule has 1 nitrogen and oxygen atoms in total. The van der Waals surface area contributed by atoms with Crippen LogP contribution in [-0.4, -0.2) is 0 Å². The Labute approximate surface area is 71.7 Å². The Hall–Kier alpha value is -1.15. The second-order valence-electron chi connectivity index (χ2n) is 2.99. The van der Waals surface area contributed by atoms with Crippen molar-refractivity contribution in [3.8, 4) is 0 Å². The van der Waals surface area contributed by atoms with Gasteiger partial charge in [0.25, 0.3) is 0 Å². The first-order chi connectivity index (χ1) is 5.56. The molecule has 64 valence electrons. The molecule has 1 rings (SSSR count). The number of hydrogen-bond donors (Lipinski definition) is 1. The molecule has 0 spiro atoms. The van der Waals surface area contributed by atoms with Crippen LogP contribution in [0.1, 0.15) is 12.5 Å². The van der Waals surface area contributed by atoms with Gasteiger partial charge in [0, 0.05) is 0 Å². The van der Waals surface area contributed by atoms with Crippen LogP contribution in [0.5, 0.6) is 0 Å².